The van der Waals surface area contributed by atoms with Crippen LogP contribution in [-0.4, -0.2) is 35.7 Å². The number of rotatable bonds is 8. The van der Waals surface area contributed by atoms with Crippen LogP contribution in [-0.2, 0) is 4.74 Å². The summed E-state index contributed by atoms with van der Waals surface area (Å²) in [5.41, 5.74) is 2.37. The lowest BCUT2D eigenvalue weighted by Crippen LogP contribution is -2.24. The molecule has 0 bridgehead atoms. The summed E-state index contributed by atoms with van der Waals surface area (Å²) in [6, 6.07) is 10.1. The van der Waals surface area contributed by atoms with E-state index in [0.29, 0.717) is 25.0 Å². The standard InChI is InChI=1S/C24H28FN3O3/c1-30-15-5-14-26-24(29)21-13-12-20(31-21)23-22(17-8-10-18(25)11-9-17)27-16-28(23)19-6-3-2-4-7-19/h8-13,16,19H,2-7,14-15H2,1H3,(H,26,29). The van der Waals surface area contributed by atoms with E-state index in [0.717, 1.165) is 36.2 Å². The molecule has 0 atom stereocenters. The van der Waals surface area contributed by atoms with Gasteiger partial charge in [0, 0.05) is 31.9 Å². The summed E-state index contributed by atoms with van der Waals surface area (Å²) >= 11 is 0. The molecule has 1 aliphatic carbocycles. The molecule has 3 aromatic rings. The van der Waals surface area contributed by atoms with Crippen LogP contribution in [0, 0.1) is 5.82 Å². The van der Waals surface area contributed by atoms with E-state index in [1.54, 1.807) is 25.3 Å². The van der Waals surface area contributed by atoms with Gasteiger partial charge in [0.05, 0.1) is 12.0 Å². The lowest BCUT2D eigenvalue weighted by Gasteiger charge is -2.24. The molecular weight excluding hydrogens is 397 g/mol. The van der Waals surface area contributed by atoms with Gasteiger partial charge in [0.25, 0.3) is 5.91 Å². The second-order valence-electron chi connectivity index (χ2n) is 7.91. The fraction of sp³-hybridized carbons (Fsp3) is 0.417. The van der Waals surface area contributed by atoms with E-state index < -0.39 is 0 Å². The molecular formula is C24H28FN3O3. The van der Waals surface area contributed by atoms with Crippen LogP contribution >= 0.6 is 0 Å². The average molecular weight is 426 g/mol. The van der Waals surface area contributed by atoms with Crippen molar-refractivity contribution < 1.29 is 18.3 Å². The predicted octanol–water partition coefficient (Wildman–Crippen LogP) is 5.22. The first-order chi connectivity index (χ1) is 15.2. The number of carbonyl (C=O) groups excluding carboxylic acids is 1. The summed E-state index contributed by atoms with van der Waals surface area (Å²) in [4.78, 5) is 17.1. The lowest BCUT2D eigenvalue weighted by molar-refractivity contribution is 0.0921. The van der Waals surface area contributed by atoms with Crippen molar-refractivity contribution in [2.75, 3.05) is 20.3 Å². The van der Waals surface area contributed by atoms with Crippen LogP contribution in [0.15, 0.2) is 47.1 Å². The maximum atomic E-state index is 13.5. The minimum atomic E-state index is -0.289. The normalized spacial score (nSPS) is 14.6. The Labute approximate surface area is 181 Å². The third-order valence-corrected chi connectivity index (χ3v) is 5.75. The van der Waals surface area contributed by atoms with Crippen molar-refractivity contribution in [3.8, 4) is 22.7 Å². The molecule has 164 valence electrons. The van der Waals surface area contributed by atoms with E-state index in [4.69, 9.17) is 9.15 Å². The van der Waals surface area contributed by atoms with Gasteiger partial charge in [0.1, 0.15) is 11.5 Å². The second-order valence-corrected chi connectivity index (χ2v) is 7.91. The average Bonchev–Trinajstić information content (AvgIpc) is 3.45. The number of carbonyl (C=O) groups is 1. The molecule has 1 aromatic carbocycles. The maximum Gasteiger partial charge on any atom is 0.287 e. The van der Waals surface area contributed by atoms with Crippen molar-refractivity contribution in [3.05, 3.63) is 54.3 Å². The first-order valence-corrected chi connectivity index (χ1v) is 10.9. The Bertz CT molecular complexity index is 1000. The summed E-state index contributed by atoms with van der Waals surface area (Å²) in [5, 5.41) is 2.85. The van der Waals surface area contributed by atoms with Crippen LogP contribution in [0.3, 0.4) is 0 Å². The van der Waals surface area contributed by atoms with E-state index in [1.165, 1.54) is 31.4 Å². The van der Waals surface area contributed by atoms with Gasteiger partial charge in [-0.1, -0.05) is 19.3 Å². The molecule has 31 heavy (non-hydrogen) atoms. The number of aromatic nitrogens is 2. The van der Waals surface area contributed by atoms with Crippen molar-refractivity contribution in [1.82, 2.24) is 14.9 Å². The lowest BCUT2D eigenvalue weighted by atomic mass is 9.95. The van der Waals surface area contributed by atoms with Gasteiger partial charge in [-0.15, -0.1) is 0 Å². The van der Waals surface area contributed by atoms with Crippen molar-refractivity contribution in [3.63, 3.8) is 0 Å². The van der Waals surface area contributed by atoms with E-state index in [1.807, 2.05) is 12.4 Å². The highest BCUT2D eigenvalue weighted by Crippen LogP contribution is 2.38. The molecule has 4 rings (SSSR count). The zero-order chi connectivity index (χ0) is 21.6. The highest BCUT2D eigenvalue weighted by Gasteiger charge is 2.25. The molecule has 1 saturated carbocycles. The van der Waals surface area contributed by atoms with Gasteiger partial charge in [0.2, 0.25) is 0 Å². The summed E-state index contributed by atoms with van der Waals surface area (Å²) < 4.78 is 26.6. The largest absolute Gasteiger partial charge is 0.449 e. The number of hydrogen-bond acceptors (Lipinski definition) is 4. The molecule has 2 aromatic heterocycles. The SMILES string of the molecule is COCCCNC(=O)c1ccc(-c2c(-c3ccc(F)cc3)ncn2C2CCCCC2)o1. The van der Waals surface area contributed by atoms with Crippen LogP contribution in [0.25, 0.3) is 22.7 Å². The van der Waals surface area contributed by atoms with Crippen LogP contribution in [0.5, 0.6) is 0 Å². The van der Waals surface area contributed by atoms with Crippen LogP contribution in [0.4, 0.5) is 4.39 Å². The summed E-state index contributed by atoms with van der Waals surface area (Å²) in [6.45, 7) is 1.11. The Hall–Kier alpha value is -2.93. The van der Waals surface area contributed by atoms with Crippen LogP contribution in [0.1, 0.15) is 55.1 Å². The van der Waals surface area contributed by atoms with Gasteiger partial charge >= 0.3 is 0 Å². The third-order valence-electron chi connectivity index (χ3n) is 5.75. The fourth-order valence-electron chi connectivity index (χ4n) is 4.15. The molecule has 6 nitrogen and oxygen atoms in total. The second kappa shape index (κ2) is 9.92. The van der Waals surface area contributed by atoms with Gasteiger partial charge in [-0.25, -0.2) is 9.37 Å². The van der Waals surface area contributed by atoms with Crippen molar-refractivity contribution in [2.24, 2.45) is 0 Å². The Kier molecular flexibility index (Phi) is 6.82. The number of halogens is 1. The smallest absolute Gasteiger partial charge is 0.287 e. The first-order valence-electron chi connectivity index (χ1n) is 10.9. The minimum Gasteiger partial charge on any atom is -0.449 e. The monoisotopic (exact) mass is 425 g/mol. The molecule has 2 heterocycles. The van der Waals surface area contributed by atoms with Gasteiger partial charge in [0.15, 0.2) is 11.5 Å². The van der Waals surface area contributed by atoms with Gasteiger partial charge in [-0.2, -0.15) is 0 Å². The number of imidazole rings is 1. The fourth-order valence-corrected chi connectivity index (χ4v) is 4.15. The molecule has 0 spiro atoms. The molecule has 0 unspecified atom stereocenters. The number of methoxy groups -OCH3 is 1. The number of furan rings is 1. The van der Waals surface area contributed by atoms with Crippen molar-refractivity contribution in [1.29, 1.82) is 0 Å². The molecule has 0 saturated heterocycles. The predicted molar refractivity (Wildman–Crippen MR) is 116 cm³/mol. The third kappa shape index (κ3) is 4.88. The Morgan fingerprint density at radius 1 is 1.19 bits per heavy atom. The molecule has 1 fully saturated rings. The highest BCUT2D eigenvalue weighted by molar-refractivity contribution is 5.92. The zero-order valence-corrected chi connectivity index (χ0v) is 17.8. The number of amides is 1. The number of hydrogen-bond donors (Lipinski definition) is 1. The summed E-state index contributed by atoms with van der Waals surface area (Å²) in [5.74, 6) is 0.301. The summed E-state index contributed by atoms with van der Waals surface area (Å²) in [6.07, 6.45) is 8.36. The van der Waals surface area contributed by atoms with E-state index in [-0.39, 0.29) is 17.5 Å². The number of benzene rings is 1. The van der Waals surface area contributed by atoms with Gasteiger partial charge in [-0.3, -0.25) is 4.79 Å². The van der Waals surface area contributed by atoms with Crippen LogP contribution < -0.4 is 5.32 Å². The minimum absolute atomic E-state index is 0.255. The quantitative estimate of drug-likeness (QED) is 0.502. The Morgan fingerprint density at radius 3 is 2.71 bits per heavy atom. The van der Waals surface area contributed by atoms with E-state index in [2.05, 4.69) is 14.9 Å². The maximum absolute atomic E-state index is 13.5. The Balaban J connectivity index is 1.65. The highest BCUT2D eigenvalue weighted by atomic mass is 19.1. The first kappa shape index (κ1) is 21.3. The summed E-state index contributed by atoms with van der Waals surface area (Å²) in [7, 11) is 1.63. The molecule has 1 N–H and O–H groups in total. The van der Waals surface area contributed by atoms with Crippen molar-refractivity contribution >= 4 is 5.91 Å². The molecule has 1 aliphatic rings. The number of nitrogens with zero attached hydrogens (tertiary/aromatic N) is 2. The number of nitrogens with one attached hydrogen (secondary N) is 1. The molecule has 0 radical (unpaired) electrons. The van der Waals surface area contributed by atoms with Crippen molar-refractivity contribution in [2.45, 2.75) is 44.6 Å². The van der Waals surface area contributed by atoms with Gasteiger partial charge < -0.3 is 19.0 Å². The topological polar surface area (TPSA) is 69.3 Å². The van der Waals surface area contributed by atoms with Gasteiger partial charge in [-0.05, 0) is 55.7 Å². The number of ether oxygens (including phenoxy) is 1. The zero-order valence-electron chi connectivity index (χ0n) is 17.8. The Morgan fingerprint density at radius 2 is 1.97 bits per heavy atom. The van der Waals surface area contributed by atoms with Crippen LogP contribution in [0.2, 0.25) is 0 Å². The van der Waals surface area contributed by atoms with E-state index in [9.17, 15) is 9.18 Å². The molecule has 7 heteroatoms. The molecule has 1 amide bonds. The molecule has 0 aliphatic heterocycles. The van der Waals surface area contributed by atoms with E-state index >= 15 is 0 Å².